The minimum absolute atomic E-state index is 0.686. The predicted molar refractivity (Wildman–Crippen MR) is 73.8 cm³/mol. The molecule has 2 aromatic rings. The maximum Gasteiger partial charge on any atom is 0.222 e. The number of benzene rings is 1. The fraction of sp³-hybridized carbons (Fsp3) is 0.357. The van der Waals surface area contributed by atoms with E-state index >= 15 is 0 Å². The molecule has 5 nitrogen and oxygen atoms in total. The Hall–Kier alpha value is -2.01. The largest absolute Gasteiger partial charge is 0.493 e. The van der Waals surface area contributed by atoms with Crippen molar-refractivity contribution in [2.24, 2.45) is 7.05 Å². The molecule has 0 spiro atoms. The van der Waals surface area contributed by atoms with Gasteiger partial charge in [-0.15, -0.1) is 0 Å². The number of aromatic nitrogens is 2. The molecule has 19 heavy (non-hydrogen) atoms. The van der Waals surface area contributed by atoms with Crippen molar-refractivity contribution in [2.75, 3.05) is 14.2 Å². The Morgan fingerprint density at radius 3 is 2.58 bits per heavy atom. The van der Waals surface area contributed by atoms with Crippen LogP contribution < -0.4 is 14.8 Å². The van der Waals surface area contributed by atoms with Crippen molar-refractivity contribution in [3.8, 4) is 17.4 Å². The molecule has 0 radical (unpaired) electrons. The number of para-hydroxylation sites is 2. The van der Waals surface area contributed by atoms with E-state index in [1.807, 2.05) is 45.3 Å². The first kappa shape index (κ1) is 13.4. The van der Waals surface area contributed by atoms with E-state index in [4.69, 9.17) is 9.47 Å². The smallest absolute Gasteiger partial charge is 0.222 e. The minimum Gasteiger partial charge on any atom is -0.493 e. The lowest BCUT2D eigenvalue weighted by Crippen LogP contribution is -2.07. The second-order valence-electron chi connectivity index (χ2n) is 4.28. The molecule has 0 unspecified atom stereocenters. The van der Waals surface area contributed by atoms with E-state index in [-0.39, 0.29) is 0 Å². The van der Waals surface area contributed by atoms with Gasteiger partial charge in [-0.05, 0) is 26.1 Å². The summed E-state index contributed by atoms with van der Waals surface area (Å²) in [6, 6.07) is 7.58. The summed E-state index contributed by atoms with van der Waals surface area (Å²) >= 11 is 0. The Kier molecular flexibility index (Phi) is 4.06. The number of methoxy groups -OCH3 is 1. The highest BCUT2D eigenvalue weighted by Crippen LogP contribution is 2.33. The molecule has 102 valence electrons. The highest BCUT2D eigenvalue weighted by Gasteiger charge is 2.16. The van der Waals surface area contributed by atoms with Crippen LogP contribution in [0.4, 0.5) is 0 Å². The van der Waals surface area contributed by atoms with Crippen molar-refractivity contribution < 1.29 is 9.47 Å². The van der Waals surface area contributed by atoms with Gasteiger partial charge in [0.25, 0.3) is 0 Å². The van der Waals surface area contributed by atoms with Crippen LogP contribution in [0.15, 0.2) is 24.3 Å². The van der Waals surface area contributed by atoms with Crippen LogP contribution in [0.2, 0.25) is 0 Å². The maximum absolute atomic E-state index is 5.97. The average molecular weight is 261 g/mol. The number of nitrogens with zero attached hydrogens (tertiary/aromatic N) is 2. The molecule has 2 rings (SSSR count). The van der Waals surface area contributed by atoms with Crippen LogP contribution in [-0.4, -0.2) is 23.9 Å². The Bertz CT molecular complexity index is 564. The number of hydrogen-bond donors (Lipinski definition) is 1. The summed E-state index contributed by atoms with van der Waals surface area (Å²) in [6.07, 6.45) is 0. The van der Waals surface area contributed by atoms with Gasteiger partial charge in [0.2, 0.25) is 5.88 Å². The Labute approximate surface area is 113 Å². The molecular formula is C14H19N3O2. The summed E-state index contributed by atoms with van der Waals surface area (Å²) in [5.41, 5.74) is 2.01. The van der Waals surface area contributed by atoms with Crippen LogP contribution in [0.1, 0.15) is 11.3 Å². The van der Waals surface area contributed by atoms with Gasteiger partial charge in [-0.2, -0.15) is 5.10 Å². The second-order valence-corrected chi connectivity index (χ2v) is 4.28. The van der Waals surface area contributed by atoms with Crippen molar-refractivity contribution in [1.29, 1.82) is 0 Å². The fourth-order valence-corrected chi connectivity index (χ4v) is 2.00. The minimum atomic E-state index is 0.686. The first-order chi connectivity index (χ1) is 9.17. The molecule has 0 saturated carbocycles. The van der Waals surface area contributed by atoms with Gasteiger partial charge in [0.05, 0.1) is 18.4 Å². The molecule has 1 heterocycles. The number of ether oxygens (including phenoxy) is 2. The van der Waals surface area contributed by atoms with Crippen LogP contribution in [0, 0.1) is 6.92 Å². The average Bonchev–Trinajstić information content (AvgIpc) is 2.67. The van der Waals surface area contributed by atoms with E-state index in [0.717, 1.165) is 17.1 Å². The topological polar surface area (TPSA) is 48.3 Å². The van der Waals surface area contributed by atoms with Gasteiger partial charge < -0.3 is 14.8 Å². The maximum atomic E-state index is 5.97. The summed E-state index contributed by atoms with van der Waals surface area (Å²) in [4.78, 5) is 0. The summed E-state index contributed by atoms with van der Waals surface area (Å²) in [5, 5.41) is 7.52. The Morgan fingerprint density at radius 1 is 1.26 bits per heavy atom. The van der Waals surface area contributed by atoms with Gasteiger partial charge in [0.1, 0.15) is 0 Å². The molecule has 0 aliphatic rings. The van der Waals surface area contributed by atoms with Gasteiger partial charge in [0.15, 0.2) is 11.5 Å². The van der Waals surface area contributed by atoms with Gasteiger partial charge in [-0.25, -0.2) is 4.68 Å². The SMILES string of the molecule is CNCc1c(C)nn(C)c1Oc1ccccc1OC. The molecular weight excluding hydrogens is 242 g/mol. The predicted octanol–water partition coefficient (Wildman–Crippen LogP) is 2.25. The highest BCUT2D eigenvalue weighted by atomic mass is 16.5. The fourth-order valence-electron chi connectivity index (χ4n) is 2.00. The van der Waals surface area contributed by atoms with Gasteiger partial charge in [0, 0.05) is 13.6 Å². The van der Waals surface area contributed by atoms with Gasteiger partial charge >= 0.3 is 0 Å². The quantitative estimate of drug-likeness (QED) is 0.896. The van der Waals surface area contributed by atoms with E-state index < -0.39 is 0 Å². The van der Waals surface area contributed by atoms with E-state index in [1.54, 1.807) is 11.8 Å². The zero-order chi connectivity index (χ0) is 13.8. The number of aryl methyl sites for hydroxylation is 2. The van der Waals surface area contributed by atoms with Gasteiger partial charge in [-0.1, -0.05) is 12.1 Å². The van der Waals surface area contributed by atoms with Crippen molar-refractivity contribution >= 4 is 0 Å². The molecule has 0 amide bonds. The molecule has 1 aromatic carbocycles. The third-order valence-corrected chi connectivity index (χ3v) is 2.92. The van der Waals surface area contributed by atoms with Crippen molar-refractivity contribution in [1.82, 2.24) is 15.1 Å². The molecule has 0 atom stereocenters. The summed E-state index contributed by atoms with van der Waals surface area (Å²) in [6.45, 7) is 2.69. The van der Waals surface area contributed by atoms with Crippen LogP contribution in [0.3, 0.4) is 0 Å². The third kappa shape index (κ3) is 2.71. The van der Waals surface area contributed by atoms with Crippen molar-refractivity contribution in [3.05, 3.63) is 35.5 Å². The van der Waals surface area contributed by atoms with Crippen LogP contribution >= 0.6 is 0 Å². The highest BCUT2D eigenvalue weighted by molar-refractivity contribution is 5.43. The second kappa shape index (κ2) is 5.75. The number of nitrogens with one attached hydrogen (secondary N) is 1. The first-order valence-corrected chi connectivity index (χ1v) is 6.15. The van der Waals surface area contributed by atoms with E-state index in [0.29, 0.717) is 18.0 Å². The molecule has 0 bridgehead atoms. The lowest BCUT2D eigenvalue weighted by Gasteiger charge is -2.11. The summed E-state index contributed by atoms with van der Waals surface area (Å²) < 4.78 is 13.0. The summed E-state index contributed by atoms with van der Waals surface area (Å²) in [7, 11) is 5.40. The molecule has 0 saturated heterocycles. The lowest BCUT2D eigenvalue weighted by atomic mass is 10.2. The molecule has 0 aliphatic heterocycles. The van der Waals surface area contributed by atoms with Crippen molar-refractivity contribution in [2.45, 2.75) is 13.5 Å². The zero-order valence-corrected chi connectivity index (χ0v) is 11.7. The third-order valence-electron chi connectivity index (χ3n) is 2.92. The molecule has 1 N–H and O–H groups in total. The molecule has 5 heteroatoms. The van der Waals surface area contributed by atoms with E-state index in [2.05, 4.69) is 10.4 Å². The summed E-state index contributed by atoms with van der Waals surface area (Å²) in [5.74, 6) is 2.12. The standard InChI is InChI=1S/C14H19N3O2/c1-10-11(9-15-2)14(17(3)16-10)19-13-8-6-5-7-12(13)18-4/h5-8,15H,9H2,1-4H3. The van der Waals surface area contributed by atoms with Gasteiger partial charge in [-0.3, -0.25) is 0 Å². The van der Waals surface area contributed by atoms with Crippen LogP contribution in [0.25, 0.3) is 0 Å². The van der Waals surface area contributed by atoms with Crippen LogP contribution in [-0.2, 0) is 13.6 Å². The van der Waals surface area contributed by atoms with Crippen LogP contribution in [0.5, 0.6) is 17.4 Å². The Balaban J connectivity index is 2.37. The Morgan fingerprint density at radius 2 is 1.95 bits per heavy atom. The normalized spacial score (nSPS) is 10.5. The number of hydrogen-bond acceptors (Lipinski definition) is 4. The zero-order valence-electron chi connectivity index (χ0n) is 11.7. The monoisotopic (exact) mass is 261 g/mol. The van der Waals surface area contributed by atoms with Crippen molar-refractivity contribution in [3.63, 3.8) is 0 Å². The lowest BCUT2D eigenvalue weighted by molar-refractivity contribution is 0.363. The van der Waals surface area contributed by atoms with E-state index in [9.17, 15) is 0 Å². The number of rotatable bonds is 5. The molecule has 0 fully saturated rings. The van der Waals surface area contributed by atoms with E-state index in [1.165, 1.54) is 0 Å². The molecule has 0 aliphatic carbocycles. The first-order valence-electron chi connectivity index (χ1n) is 6.15. The molecule has 1 aromatic heterocycles.